The average molecular weight is 226 g/mol. The van der Waals surface area contributed by atoms with Gasteiger partial charge < -0.3 is 15.4 Å². The minimum Gasteiger partial charge on any atom is -0.377 e. The molecule has 3 heteroatoms. The average Bonchev–Trinajstić information content (AvgIpc) is 2.31. The first-order chi connectivity index (χ1) is 7.79. The van der Waals surface area contributed by atoms with Gasteiger partial charge in [-0.05, 0) is 45.6 Å². The molecular formula is C13H26N2O. The number of hydrogen-bond acceptors (Lipinski definition) is 3. The monoisotopic (exact) mass is 226 g/mol. The molecule has 2 N–H and O–H groups in total. The van der Waals surface area contributed by atoms with E-state index in [1.807, 2.05) is 0 Å². The van der Waals surface area contributed by atoms with E-state index in [4.69, 9.17) is 4.74 Å². The van der Waals surface area contributed by atoms with Crippen LogP contribution in [0.25, 0.3) is 0 Å². The second-order valence-electron chi connectivity index (χ2n) is 5.56. The predicted molar refractivity (Wildman–Crippen MR) is 66.7 cm³/mol. The Balaban J connectivity index is 1.62. The van der Waals surface area contributed by atoms with Crippen LogP contribution in [-0.2, 0) is 4.74 Å². The van der Waals surface area contributed by atoms with E-state index in [-0.39, 0.29) is 0 Å². The van der Waals surface area contributed by atoms with Gasteiger partial charge in [-0.15, -0.1) is 0 Å². The lowest BCUT2D eigenvalue weighted by molar-refractivity contribution is 0.0159. The van der Waals surface area contributed by atoms with Crippen LogP contribution in [0.1, 0.15) is 45.4 Å². The third kappa shape index (κ3) is 3.72. The van der Waals surface area contributed by atoms with E-state index in [9.17, 15) is 0 Å². The third-order valence-electron chi connectivity index (χ3n) is 3.87. The highest BCUT2D eigenvalue weighted by atomic mass is 16.5. The van der Waals surface area contributed by atoms with E-state index in [2.05, 4.69) is 17.6 Å². The fourth-order valence-corrected chi connectivity index (χ4v) is 2.75. The fraction of sp³-hybridized carbons (Fsp3) is 1.00. The molecule has 2 fully saturated rings. The first-order valence-corrected chi connectivity index (χ1v) is 6.86. The van der Waals surface area contributed by atoms with Crippen molar-refractivity contribution in [2.24, 2.45) is 0 Å². The van der Waals surface area contributed by atoms with Gasteiger partial charge in [0.2, 0.25) is 0 Å². The zero-order valence-corrected chi connectivity index (χ0v) is 10.6. The topological polar surface area (TPSA) is 33.3 Å². The van der Waals surface area contributed by atoms with E-state index in [0.717, 1.165) is 19.7 Å². The van der Waals surface area contributed by atoms with E-state index in [0.29, 0.717) is 11.6 Å². The smallest absolute Gasteiger partial charge is 0.0699 e. The molecule has 0 amide bonds. The highest BCUT2D eigenvalue weighted by Crippen LogP contribution is 2.18. The van der Waals surface area contributed by atoms with E-state index < -0.39 is 0 Å². The molecule has 2 rings (SSSR count). The van der Waals surface area contributed by atoms with Crippen LogP contribution in [0, 0.1) is 0 Å². The molecule has 3 nitrogen and oxygen atoms in total. The minimum atomic E-state index is 0.312. The molecule has 2 saturated heterocycles. The second-order valence-corrected chi connectivity index (χ2v) is 5.56. The zero-order valence-electron chi connectivity index (χ0n) is 10.6. The van der Waals surface area contributed by atoms with Gasteiger partial charge in [0.05, 0.1) is 6.10 Å². The third-order valence-corrected chi connectivity index (χ3v) is 3.87. The van der Waals surface area contributed by atoms with Crippen LogP contribution in [0.5, 0.6) is 0 Å². The van der Waals surface area contributed by atoms with Gasteiger partial charge in [0, 0.05) is 25.2 Å². The van der Waals surface area contributed by atoms with Gasteiger partial charge in [-0.1, -0.05) is 6.42 Å². The highest BCUT2D eigenvalue weighted by Gasteiger charge is 2.25. The lowest BCUT2D eigenvalue weighted by Gasteiger charge is -2.36. The Morgan fingerprint density at radius 1 is 1.31 bits per heavy atom. The van der Waals surface area contributed by atoms with Crippen molar-refractivity contribution in [3.8, 4) is 0 Å². The van der Waals surface area contributed by atoms with Gasteiger partial charge in [-0.2, -0.15) is 0 Å². The summed E-state index contributed by atoms with van der Waals surface area (Å²) in [5.41, 5.74) is 0.312. The maximum absolute atomic E-state index is 5.72. The molecule has 0 aliphatic carbocycles. The maximum atomic E-state index is 5.72. The van der Waals surface area contributed by atoms with Gasteiger partial charge in [0.1, 0.15) is 0 Å². The molecule has 0 bridgehead atoms. The van der Waals surface area contributed by atoms with Crippen molar-refractivity contribution >= 4 is 0 Å². The summed E-state index contributed by atoms with van der Waals surface area (Å²) in [4.78, 5) is 0. The Kier molecular flexibility index (Phi) is 4.62. The Bertz CT molecular complexity index is 196. The molecule has 2 atom stereocenters. The second kappa shape index (κ2) is 5.99. The first-order valence-electron chi connectivity index (χ1n) is 6.86. The van der Waals surface area contributed by atoms with Gasteiger partial charge in [0.15, 0.2) is 0 Å². The van der Waals surface area contributed by atoms with Gasteiger partial charge >= 0.3 is 0 Å². The maximum Gasteiger partial charge on any atom is 0.0699 e. The first kappa shape index (κ1) is 12.3. The van der Waals surface area contributed by atoms with Crippen molar-refractivity contribution in [3.63, 3.8) is 0 Å². The van der Waals surface area contributed by atoms with Crippen LogP contribution in [0.4, 0.5) is 0 Å². The molecule has 0 radical (unpaired) electrons. The SMILES string of the molecule is CC1(CNCC2CCCCO2)CCCCN1. The molecule has 2 unspecified atom stereocenters. The largest absolute Gasteiger partial charge is 0.377 e. The van der Waals surface area contributed by atoms with Gasteiger partial charge in [-0.3, -0.25) is 0 Å². The number of ether oxygens (including phenoxy) is 1. The van der Waals surface area contributed by atoms with E-state index in [1.54, 1.807) is 0 Å². The molecular weight excluding hydrogens is 200 g/mol. The van der Waals surface area contributed by atoms with Crippen molar-refractivity contribution in [1.82, 2.24) is 10.6 Å². The molecule has 0 saturated carbocycles. The zero-order chi connectivity index (χ0) is 11.3. The molecule has 0 aromatic heterocycles. The van der Waals surface area contributed by atoms with E-state index >= 15 is 0 Å². The Hall–Kier alpha value is -0.120. The van der Waals surface area contributed by atoms with Crippen LogP contribution in [0.2, 0.25) is 0 Å². The summed E-state index contributed by atoms with van der Waals surface area (Å²) < 4.78 is 5.72. The summed E-state index contributed by atoms with van der Waals surface area (Å²) in [5.74, 6) is 0. The number of hydrogen-bond donors (Lipinski definition) is 2. The standard InChI is InChI=1S/C13H26N2O/c1-13(7-3-4-8-15-13)11-14-10-12-6-2-5-9-16-12/h12,14-15H,2-11H2,1H3. The lowest BCUT2D eigenvalue weighted by atomic mass is 9.91. The number of piperidine rings is 1. The number of nitrogens with one attached hydrogen (secondary N) is 2. The molecule has 2 aliphatic heterocycles. The predicted octanol–water partition coefficient (Wildman–Crippen LogP) is 1.68. The van der Waals surface area contributed by atoms with Crippen LogP contribution >= 0.6 is 0 Å². The Labute approximate surface area is 99.3 Å². The van der Waals surface area contributed by atoms with Crippen LogP contribution in [0.3, 0.4) is 0 Å². The summed E-state index contributed by atoms with van der Waals surface area (Å²) >= 11 is 0. The minimum absolute atomic E-state index is 0.312. The van der Waals surface area contributed by atoms with Crippen LogP contribution in [0.15, 0.2) is 0 Å². The van der Waals surface area contributed by atoms with Crippen molar-refractivity contribution < 1.29 is 4.74 Å². The summed E-state index contributed by atoms with van der Waals surface area (Å²) in [6.45, 7) is 6.57. The highest BCUT2D eigenvalue weighted by molar-refractivity contribution is 4.88. The summed E-state index contributed by atoms with van der Waals surface area (Å²) in [6.07, 6.45) is 8.27. The van der Waals surface area contributed by atoms with Gasteiger partial charge in [-0.25, -0.2) is 0 Å². The quantitative estimate of drug-likeness (QED) is 0.765. The molecule has 2 aliphatic rings. The van der Waals surface area contributed by atoms with Crippen molar-refractivity contribution in [2.75, 3.05) is 26.2 Å². The Morgan fingerprint density at radius 3 is 2.94 bits per heavy atom. The van der Waals surface area contributed by atoms with Crippen molar-refractivity contribution in [1.29, 1.82) is 0 Å². The molecule has 2 heterocycles. The van der Waals surface area contributed by atoms with Crippen molar-refractivity contribution in [2.45, 2.75) is 57.1 Å². The normalized spacial score (nSPS) is 36.2. The Morgan fingerprint density at radius 2 is 2.25 bits per heavy atom. The molecule has 16 heavy (non-hydrogen) atoms. The summed E-state index contributed by atoms with van der Waals surface area (Å²) in [5, 5.41) is 7.21. The van der Waals surface area contributed by atoms with Crippen molar-refractivity contribution in [3.05, 3.63) is 0 Å². The van der Waals surface area contributed by atoms with E-state index in [1.165, 1.54) is 45.1 Å². The molecule has 0 aromatic carbocycles. The molecule has 94 valence electrons. The lowest BCUT2D eigenvalue weighted by Crippen LogP contribution is -2.53. The summed E-state index contributed by atoms with van der Waals surface area (Å²) in [7, 11) is 0. The summed E-state index contributed by atoms with van der Waals surface area (Å²) in [6, 6.07) is 0. The van der Waals surface area contributed by atoms with Crippen LogP contribution < -0.4 is 10.6 Å². The molecule has 0 aromatic rings. The molecule has 0 spiro atoms. The van der Waals surface area contributed by atoms with Crippen LogP contribution in [-0.4, -0.2) is 37.9 Å². The fourth-order valence-electron chi connectivity index (χ4n) is 2.75. The number of rotatable bonds is 4. The van der Waals surface area contributed by atoms with Gasteiger partial charge in [0.25, 0.3) is 0 Å².